The molecule has 89 heavy (non-hydrogen) atoms. The van der Waals surface area contributed by atoms with Gasteiger partial charge < -0.3 is 33.8 Å². The van der Waals surface area contributed by atoms with Crippen molar-refractivity contribution in [1.29, 1.82) is 0 Å². The quantitative estimate of drug-likeness (QED) is 0.0222. The first kappa shape index (κ1) is 87.1. The Labute approximate surface area is 543 Å². The second-order valence-corrected chi connectivity index (χ2v) is 29.6. The molecule has 0 radical (unpaired) electrons. The normalized spacial score (nSPS) is 14.2. The summed E-state index contributed by atoms with van der Waals surface area (Å²) in [7, 11) is -9.90. The second kappa shape index (κ2) is 61.0. The fourth-order valence-electron chi connectivity index (χ4n) is 10.5. The molecule has 0 saturated carbocycles. The van der Waals surface area contributed by atoms with Crippen LogP contribution < -0.4 is 0 Å². The van der Waals surface area contributed by atoms with E-state index in [1.54, 1.807) is 0 Å². The zero-order chi connectivity index (χ0) is 65.9. The minimum atomic E-state index is -4.95. The third-order valence-electron chi connectivity index (χ3n) is 16.1. The van der Waals surface area contributed by atoms with Crippen molar-refractivity contribution in [3.63, 3.8) is 0 Å². The van der Waals surface area contributed by atoms with Crippen LogP contribution in [0, 0.1) is 17.8 Å². The zero-order valence-electron chi connectivity index (χ0n) is 57.9. The number of ether oxygens (including phenoxy) is 4. The number of phosphoric acid groups is 2. The fourth-order valence-corrected chi connectivity index (χ4v) is 12.1. The molecule has 5 atom stereocenters. The van der Waals surface area contributed by atoms with Gasteiger partial charge in [0.2, 0.25) is 0 Å². The molecule has 0 bridgehead atoms. The predicted octanol–water partition coefficient (Wildman–Crippen LogP) is 19.8. The maximum atomic E-state index is 13.0. The Balaban J connectivity index is 5.16. The smallest absolute Gasteiger partial charge is 0.462 e. The van der Waals surface area contributed by atoms with Gasteiger partial charge in [0.05, 0.1) is 26.4 Å². The molecule has 0 spiro atoms. The monoisotopic (exact) mass is 1310 g/mol. The predicted molar refractivity (Wildman–Crippen MR) is 358 cm³/mol. The van der Waals surface area contributed by atoms with E-state index >= 15 is 0 Å². The van der Waals surface area contributed by atoms with Crippen LogP contribution in [-0.2, 0) is 65.4 Å². The van der Waals surface area contributed by atoms with E-state index in [0.717, 1.165) is 102 Å². The van der Waals surface area contributed by atoms with Gasteiger partial charge in [0.1, 0.15) is 19.3 Å². The van der Waals surface area contributed by atoms with Crippen molar-refractivity contribution in [3.8, 4) is 0 Å². The van der Waals surface area contributed by atoms with Crippen LogP contribution in [0.3, 0.4) is 0 Å². The molecule has 528 valence electrons. The highest BCUT2D eigenvalue weighted by Crippen LogP contribution is 2.45. The summed E-state index contributed by atoms with van der Waals surface area (Å²) >= 11 is 0. The van der Waals surface area contributed by atoms with E-state index in [1.165, 1.54) is 154 Å². The van der Waals surface area contributed by atoms with Crippen LogP contribution in [0.25, 0.3) is 0 Å². The molecular formula is C70H136O17P2. The lowest BCUT2D eigenvalue weighted by Crippen LogP contribution is -2.30. The first-order valence-corrected chi connectivity index (χ1v) is 39.3. The molecule has 0 aromatic rings. The molecule has 0 saturated heterocycles. The second-order valence-electron chi connectivity index (χ2n) is 26.7. The Bertz CT molecular complexity index is 1750. The summed E-state index contributed by atoms with van der Waals surface area (Å²) < 4.78 is 68.1. The maximum Gasteiger partial charge on any atom is 0.472 e. The van der Waals surface area contributed by atoms with Crippen molar-refractivity contribution < 1.29 is 80.2 Å². The minimum absolute atomic E-state index is 0.101. The van der Waals surface area contributed by atoms with E-state index < -0.39 is 97.5 Å². The molecule has 0 aromatic heterocycles. The minimum Gasteiger partial charge on any atom is -0.462 e. The highest BCUT2D eigenvalue weighted by atomic mass is 31.2. The van der Waals surface area contributed by atoms with E-state index in [4.69, 9.17) is 37.0 Å². The SMILES string of the molecule is CCCCCCCCCCCCCCCCCCCCCCC(=O)O[C@H](COC(=O)CCCCCCCCCCC(C)C)COP(=O)(O)OC[C@@H](O)COP(=O)(O)OC[C@@H](COC(=O)CCCCCCCCC(C)C)OC(=O)CCCCCCCCC(C)C. The van der Waals surface area contributed by atoms with E-state index in [2.05, 4.69) is 48.5 Å². The molecule has 17 nitrogen and oxygen atoms in total. The number of rotatable bonds is 68. The molecule has 19 heteroatoms. The van der Waals surface area contributed by atoms with E-state index in [-0.39, 0.29) is 25.7 Å². The first-order chi connectivity index (χ1) is 42.7. The van der Waals surface area contributed by atoms with Crippen molar-refractivity contribution in [1.82, 2.24) is 0 Å². The number of carbonyl (C=O) groups is 4. The number of unbranched alkanes of at least 4 members (excludes halogenated alkanes) is 36. The summed E-state index contributed by atoms with van der Waals surface area (Å²) in [5.74, 6) is -0.0602. The van der Waals surface area contributed by atoms with Crippen LogP contribution in [0.2, 0.25) is 0 Å². The average Bonchev–Trinajstić information content (AvgIpc) is 3.58. The van der Waals surface area contributed by atoms with Gasteiger partial charge >= 0.3 is 39.5 Å². The number of hydrogen-bond acceptors (Lipinski definition) is 15. The Morgan fingerprint density at radius 2 is 0.517 bits per heavy atom. The molecule has 3 N–H and O–H groups in total. The van der Waals surface area contributed by atoms with E-state index in [9.17, 15) is 43.2 Å². The van der Waals surface area contributed by atoms with Crippen molar-refractivity contribution >= 4 is 39.5 Å². The van der Waals surface area contributed by atoms with Crippen LogP contribution in [0.5, 0.6) is 0 Å². The van der Waals surface area contributed by atoms with Crippen LogP contribution in [0.1, 0.15) is 350 Å². The van der Waals surface area contributed by atoms with Gasteiger partial charge in [-0.1, -0.05) is 299 Å². The average molecular weight is 1310 g/mol. The fraction of sp³-hybridized carbons (Fsp3) is 0.943. The lowest BCUT2D eigenvalue weighted by atomic mass is 10.0. The third kappa shape index (κ3) is 64.6. The molecule has 0 fully saturated rings. The lowest BCUT2D eigenvalue weighted by molar-refractivity contribution is -0.161. The zero-order valence-corrected chi connectivity index (χ0v) is 59.7. The number of phosphoric ester groups is 2. The Morgan fingerprint density at radius 3 is 0.764 bits per heavy atom. The van der Waals surface area contributed by atoms with Crippen LogP contribution in [0.4, 0.5) is 0 Å². The van der Waals surface area contributed by atoms with Gasteiger partial charge in [-0.3, -0.25) is 37.3 Å². The molecule has 0 aliphatic rings. The van der Waals surface area contributed by atoms with E-state index in [0.29, 0.717) is 37.5 Å². The van der Waals surface area contributed by atoms with Gasteiger partial charge in [-0.15, -0.1) is 0 Å². The Hall–Kier alpha value is -1.94. The third-order valence-corrected chi connectivity index (χ3v) is 18.0. The van der Waals surface area contributed by atoms with Gasteiger partial charge in [-0.05, 0) is 43.4 Å². The van der Waals surface area contributed by atoms with Gasteiger partial charge in [0.15, 0.2) is 12.2 Å². The standard InChI is InChI=1S/C70H136O17P2/c1-8-9-10-11-12-13-14-15-16-17-18-19-20-21-22-23-24-29-39-46-53-69(74)86-65(57-80-67(72)51-44-37-28-26-25-27-34-41-48-61(2)3)59-84-88(76,77)82-55-64(71)56-83-89(78,79)85-60-66(87-70(75)54-47-40-33-31-36-43-50-63(6)7)58-81-68(73)52-45-38-32-30-35-42-49-62(4)5/h61-66,71H,8-60H2,1-7H3,(H,76,77)(H,78,79)/t64-,65-,66-/m1/s1. The molecule has 0 aromatic carbocycles. The maximum absolute atomic E-state index is 13.0. The number of esters is 4. The number of aliphatic hydroxyl groups is 1. The van der Waals surface area contributed by atoms with Gasteiger partial charge in [0.25, 0.3) is 0 Å². The summed E-state index contributed by atoms with van der Waals surface area (Å²) in [6.07, 6.45) is 45.0. The van der Waals surface area contributed by atoms with E-state index in [1.807, 2.05) is 0 Å². The summed E-state index contributed by atoms with van der Waals surface area (Å²) in [6, 6.07) is 0. The Morgan fingerprint density at radius 1 is 0.303 bits per heavy atom. The van der Waals surface area contributed by atoms with Crippen molar-refractivity contribution in [3.05, 3.63) is 0 Å². The molecule has 0 aliphatic heterocycles. The van der Waals surface area contributed by atoms with Gasteiger partial charge in [-0.2, -0.15) is 0 Å². The molecule has 0 amide bonds. The molecule has 2 unspecified atom stereocenters. The number of aliphatic hydroxyl groups excluding tert-OH is 1. The Kier molecular flexibility index (Phi) is 59.6. The van der Waals surface area contributed by atoms with Crippen molar-refractivity contribution in [2.45, 2.75) is 369 Å². The lowest BCUT2D eigenvalue weighted by Gasteiger charge is -2.21. The summed E-state index contributed by atoms with van der Waals surface area (Å²) in [4.78, 5) is 72.4. The van der Waals surface area contributed by atoms with Crippen LogP contribution in [-0.4, -0.2) is 96.7 Å². The van der Waals surface area contributed by atoms with Gasteiger partial charge in [0, 0.05) is 25.7 Å². The molecule has 0 rings (SSSR count). The number of carbonyl (C=O) groups excluding carboxylic acids is 4. The molecule has 0 aliphatic carbocycles. The van der Waals surface area contributed by atoms with Crippen molar-refractivity contribution in [2.24, 2.45) is 17.8 Å². The highest BCUT2D eigenvalue weighted by molar-refractivity contribution is 7.47. The van der Waals surface area contributed by atoms with Gasteiger partial charge in [-0.25, -0.2) is 9.13 Å². The first-order valence-electron chi connectivity index (χ1n) is 36.3. The number of hydrogen-bond donors (Lipinski definition) is 3. The molecular weight excluding hydrogens is 1170 g/mol. The largest absolute Gasteiger partial charge is 0.472 e. The topological polar surface area (TPSA) is 237 Å². The summed E-state index contributed by atoms with van der Waals surface area (Å²) in [5, 5.41) is 10.6. The van der Waals surface area contributed by atoms with Crippen LogP contribution in [0.15, 0.2) is 0 Å². The highest BCUT2D eigenvalue weighted by Gasteiger charge is 2.30. The summed E-state index contributed by atoms with van der Waals surface area (Å²) in [6.45, 7) is 11.6. The van der Waals surface area contributed by atoms with Crippen LogP contribution >= 0.6 is 15.6 Å². The molecule has 0 heterocycles. The summed E-state index contributed by atoms with van der Waals surface area (Å²) in [5.41, 5.74) is 0. The van der Waals surface area contributed by atoms with Crippen molar-refractivity contribution in [2.75, 3.05) is 39.6 Å².